The molecule has 2 aromatic rings. The van der Waals surface area contributed by atoms with Gasteiger partial charge in [-0.15, -0.1) is 0 Å². The van der Waals surface area contributed by atoms with Crippen LogP contribution in [-0.2, 0) is 0 Å². The molecule has 2 aromatic carbocycles. The van der Waals surface area contributed by atoms with Gasteiger partial charge in [0.05, 0.1) is 0 Å². The van der Waals surface area contributed by atoms with Crippen molar-refractivity contribution in [2.75, 3.05) is 0 Å². The van der Waals surface area contributed by atoms with E-state index in [4.69, 9.17) is 0 Å². The topological polar surface area (TPSA) is 17.1 Å². The highest BCUT2D eigenvalue weighted by Crippen LogP contribution is 2.49. The van der Waals surface area contributed by atoms with E-state index < -0.39 is 0 Å². The zero-order chi connectivity index (χ0) is 12.5. The third kappa shape index (κ3) is 1.97. The molecular formula is C17H16O. The van der Waals surface area contributed by atoms with E-state index in [9.17, 15) is 4.79 Å². The van der Waals surface area contributed by atoms with Crippen LogP contribution in [0.25, 0.3) is 0 Å². The fourth-order valence-electron chi connectivity index (χ4n) is 2.65. The Labute approximate surface area is 107 Å². The first-order valence-corrected chi connectivity index (χ1v) is 6.42. The van der Waals surface area contributed by atoms with Crippen LogP contribution in [0, 0.1) is 12.8 Å². The van der Waals surface area contributed by atoms with Gasteiger partial charge in [0.2, 0.25) is 0 Å². The van der Waals surface area contributed by atoms with Gasteiger partial charge in [-0.1, -0.05) is 54.6 Å². The Bertz CT molecular complexity index is 571. The number of benzene rings is 2. The molecule has 0 radical (unpaired) electrons. The number of rotatable bonds is 3. The Morgan fingerprint density at radius 3 is 2.39 bits per heavy atom. The molecule has 1 heteroatoms. The summed E-state index contributed by atoms with van der Waals surface area (Å²) in [7, 11) is 0. The molecule has 0 heterocycles. The lowest BCUT2D eigenvalue weighted by Crippen LogP contribution is -2.03. The van der Waals surface area contributed by atoms with Gasteiger partial charge in [0.25, 0.3) is 0 Å². The van der Waals surface area contributed by atoms with Crippen LogP contribution in [0.1, 0.15) is 33.8 Å². The summed E-state index contributed by atoms with van der Waals surface area (Å²) in [5.74, 6) is 0.913. The molecule has 1 nitrogen and oxygen atoms in total. The number of carbonyl (C=O) groups excluding carboxylic acids is 1. The van der Waals surface area contributed by atoms with Gasteiger partial charge in [-0.3, -0.25) is 4.79 Å². The number of Topliss-reactive ketones (excluding diaryl/α,β-unsaturated/α-hetero) is 1. The highest BCUT2D eigenvalue weighted by atomic mass is 16.1. The second kappa shape index (κ2) is 4.41. The number of ketones is 1. The lowest BCUT2D eigenvalue weighted by molar-refractivity contribution is 0.0965. The first-order chi connectivity index (χ1) is 8.77. The first-order valence-electron chi connectivity index (χ1n) is 6.42. The van der Waals surface area contributed by atoms with E-state index in [2.05, 4.69) is 31.2 Å². The van der Waals surface area contributed by atoms with Gasteiger partial charge in [0, 0.05) is 11.5 Å². The van der Waals surface area contributed by atoms with Crippen LogP contribution >= 0.6 is 0 Å². The van der Waals surface area contributed by atoms with Crippen molar-refractivity contribution in [1.29, 1.82) is 0 Å². The van der Waals surface area contributed by atoms with E-state index in [1.165, 1.54) is 11.1 Å². The van der Waals surface area contributed by atoms with Crippen molar-refractivity contribution >= 4 is 5.78 Å². The smallest absolute Gasteiger partial charge is 0.166 e. The molecule has 1 aliphatic rings. The van der Waals surface area contributed by atoms with Crippen molar-refractivity contribution in [3.05, 3.63) is 71.3 Å². The summed E-state index contributed by atoms with van der Waals surface area (Å²) in [5.41, 5.74) is 3.48. The average molecular weight is 236 g/mol. The molecule has 3 rings (SSSR count). The van der Waals surface area contributed by atoms with Crippen molar-refractivity contribution in [3.8, 4) is 0 Å². The molecule has 0 aromatic heterocycles. The SMILES string of the molecule is Cc1ccccc1C1CC1C(=O)c1ccccc1. The molecule has 0 bridgehead atoms. The number of aryl methyl sites for hydroxylation is 1. The van der Waals surface area contributed by atoms with Gasteiger partial charge < -0.3 is 0 Å². The fourth-order valence-corrected chi connectivity index (χ4v) is 2.65. The van der Waals surface area contributed by atoms with E-state index >= 15 is 0 Å². The quantitative estimate of drug-likeness (QED) is 0.737. The van der Waals surface area contributed by atoms with Gasteiger partial charge in [0.15, 0.2) is 5.78 Å². The first kappa shape index (κ1) is 11.2. The molecule has 2 atom stereocenters. The van der Waals surface area contributed by atoms with Crippen LogP contribution in [0.5, 0.6) is 0 Å². The highest BCUT2D eigenvalue weighted by molar-refractivity contribution is 6.00. The zero-order valence-corrected chi connectivity index (χ0v) is 10.5. The van der Waals surface area contributed by atoms with Crippen molar-refractivity contribution < 1.29 is 4.79 Å². The van der Waals surface area contributed by atoms with Crippen molar-refractivity contribution in [2.45, 2.75) is 19.3 Å². The molecule has 1 aliphatic carbocycles. The maximum Gasteiger partial charge on any atom is 0.166 e. The number of hydrogen-bond acceptors (Lipinski definition) is 1. The summed E-state index contributed by atoms with van der Waals surface area (Å²) in [6.07, 6.45) is 0.999. The van der Waals surface area contributed by atoms with Crippen LogP contribution in [-0.4, -0.2) is 5.78 Å². The van der Waals surface area contributed by atoms with Crippen molar-refractivity contribution in [1.82, 2.24) is 0 Å². The summed E-state index contributed by atoms with van der Waals surface area (Å²) in [4.78, 5) is 12.3. The predicted molar refractivity (Wildman–Crippen MR) is 72.8 cm³/mol. The minimum Gasteiger partial charge on any atom is -0.294 e. The number of carbonyl (C=O) groups is 1. The highest BCUT2D eigenvalue weighted by Gasteiger charge is 2.44. The maximum absolute atomic E-state index is 12.3. The maximum atomic E-state index is 12.3. The van der Waals surface area contributed by atoms with E-state index in [0.717, 1.165) is 12.0 Å². The third-order valence-corrected chi connectivity index (χ3v) is 3.77. The Kier molecular flexibility index (Phi) is 2.75. The summed E-state index contributed by atoms with van der Waals surface area (Å²) >= 11 is 0. The van der Waals surface area contributed by atoms with Crippen molar-refractivity contribution in [2.24, 2.45) is 5.92 Å². The largest absolute Gasteiger partial charge is 0.294 e. The molecule has 0 saturated heterocycles. The molecule has 0 aliphatic heterocycles. The van der Waals surface area contributed by atoms with Crippen LogP contribution in [0.3, 0.4) is 0 Å². The van der Waals surface area contributed by atoms with E-state index in [0.29, 0.717) is 11.7 Å². The van der Waals surface area contributed by atoms with Crippen LogP contribution < -0.4 is 0 Å². The molecular weight excluding hydrogens is 220 g/mol. The minimum absolute atomic E-state index is 0.188. The third-order valence-electron chi connectivity index (χ3n) is 3.77. The fraction of sp³-hybridized carbons (Fsp3) is 0.235. The molecule has 18 heavy (non-hydrogen) atoms. The molecule has 90 valence electrons. The summed E-state index contributed by atoms with van der Waals surface area (Å²) in [6.45, 7) is 2.12. The predicted octanol–water partition coefficient (Wildman–Crippen LogP) is 3.98. The zero-order valence-electron chi connectivity index (χ0n) is 10.5. The van der Waals surface area contributed by atoms with E-state index in [1.807, 2.05) is 30.3 Å². The van der Waals surface area contributed by atoms with Crippen LogP contribution in [0.4, 0.5) is 0 Å². The lowest BCUT2D eigenvalue weighted by atomic mass is 10.00. The van der Waals surface area contributed by atoms with E-state index in [-0.39, 0.29) is 5.92 Å². The van der Waals surface area contributed by atoms with Gasteiger partial charge in [-0.25, -0.2) is 0 Å². The second-order valence-corrected chi connectivity index (χ2v) is 5.04. The second-order valence-electron chi connectivity index (χ2n) is 5.04. The Balaban J connectivity index is 1.79. The number of hydrogen-bond donors (Lipinski definition) is 0. The monoisotopic (exact) mass is 236 g/mol. The molecule has 0 amide bonds. The van der Waals surface area contributed by atoms with Crippen LogP contribution in [0.15, 0.2) is 54.6 Å². The normalized spacial score (nSPS) is 21.6. The van der Waals surface area contributed by atoms with Gasteiger partial charge in [0.1, 0.15) is 0 Å². The molecule has 0 N–H and O–H groups in total. The molecule has 1 fully saturated rings. The Hall–Kier alpha value is -1.89. The summed E-state index contributed by atoms with van der Waals surface area (Å²) < 4.78 is 0. The van der Waals surface area contributed by atoms with Gasteiger partial charge in [-0.2, -0.15) is 0 Å². The molecule has 0 spiro atoms. The summed E-state index contributed by atoms with van der Waals surface area (Å²) in [6, 6.07) is 18.0. The average Bonchev–Trinajstić information content (AvgIpc) is 3.20. The van der Waals surface area contributed by atoms with E-state index in [1.54, 1.807) is 0 Å². The van der Waals surface area contributed by atoms with Crippen LogP contribution in [0.2, 0.25) is 0 Å². The minimum atomic E-state index is 0.188. The lowest BCUT2D eigenvalue weighted by Gasteiger charge is -2.04. The molecule has 1 saturated carbocycles. The van der Waals surface area contributed by atoms with Crippen molar-refractivity contribution in [3.63, 3.8) is 0 Å². The van der Waals surface area contributed by atoms with Gasteiger partial charge in [-0.05, 0) is 30.4 Å². The Morgan fingerprint density at radius 1 is 1.00 bits per heavy atom. The van der Waals surface area contributed by atoms with Gasteiger partial charge >= 0.3 is 0 Å². The molecule has 2 unspecified atom stereocenters. The Morgan fingerprint density at radius 2 is 1.67 bits per heavy atom. The standard InChI is InChI=1S/C17H16O/c1-12-7-5-6-10-14(12)15-11-16(15)17(18)13-8-3-2-4-9-13/h2-10,15-16H,11H2,1H3. The summed E-state index contributed by atoms with van der Waals surface area (Å²) in [5, 5.41) is 0.